The Bertz CT molecular complexity index is 302. The van der Waals surface area contributed by atoms with Crippen LogP contribution in [0.5, 0.6) is 0 Å². The third kappa shape index (κ3) is 2.29. The molecule has 4 nitrogen and oxygen atoms in total. The van der Waals surface area contributed by atoms with Crippen molar-refractivity contribution in [2.24, 2.45) is 0 Å². The summed E-state index contributed by atoms with van der Waals surface area (Å²) in [6.07, 6.45) is 0.890. The van der Waals surface area contributed by atoms with E-state index in [-0.39, 0.29) is 0 Å². The van der Waals surface area contributed by atoms with Crippen molar-refractivity contribution >= 4 is 0 Å². The minimum absolute atomic E-state index is 0.488. The number of aryl methyl sites for hydroxylation is 1. The van der Waals surface area contributed by atoms with Crippen molar-refractivity contribution in [2.45, 2.75) is 32.5 Å². The van der Waals surface area contributed by atoms with Gasteiger partial charge in [0.05, 0.1) is 6.54 Å². The first-order valence-corrected chi connectivity index (χ1v) is 4.89. The van der Waals surface area contributed by atoms with E-state index in [4.69, 9.17) is 4.42 Å². The Morgan fingerprint density at radius 2 is 2.43 bits per heavy atom. The maximum Gasteiger partial charge on any atom is 0.230 e. The highest BCUT2D eigenvalue weighted by atomic mass is 19.1. The van der Waals surface area contributed by atoms with E-state index in [0.29, 0.717) is 31.3 Å². The molecule has 0 bridgehead atoms. The highest BCUT2D eigenvalue weighted by molar-refractivity contribution is 4.81. The number of likely N-dealkylation sites (tertiary alicyclic amines) is 1. The van der Waals surface area contributed by atoms with Gasteiger partial charge < -0.3 is 4.42 Å². The van der Waals surface area contributed by atoms with Crippen molar-refractivity contribution in [1.82, 2.24) is 15.1 Å². The minimum Gasteiger partial charge on any atom is -0.424 e. The Kier molecular flexibility index (Phi) is 2.77. The molecule has 5 heteroatoms. The van der Waals surface area contributed by atoms with Crippen molar-refractivity contribution in [3.8, 4) is 0 Å². The van der Waals surface area contributed by atoms with Gasteiger partial charge in [-0.2, -0.15) is 0 Å². The van der Waals surface area contributed by atoms with E-state index < -0.39 is 6.17 Å². The van der Waals surface area contributed by atoms with Gasteiger partial charge in [0.2, 0.25) is 11.8 Å². The summed E-state index contributed by atoms with van der Waals surface area (Å²) in [4.78, 5) is 2.02. The molecule has 1 aromatic heterocycles. The topological polar surface area (TPSA) is 42.2 Å². The van der Waals surface area contributed by atoms with Gasteiger partial charge in [0, 0.05) is 13.5 Å². The van der Waals surface area contributed by atoms with Crippen LogP contribution in [0.2, 0.25) is 0 Å². The molecule has 1 fully saturated rings. The molecule has 0 spiro atoms. The maximum atomic E-state index is 13.0. The summed E-state index contributed by atoms with van der Waals surface area (Å²) in [5.41, 5.74) is 0. The number of halogens is 1. The third-order valence-corrected chi connectivity index (χ3v) is 2.37. The fraction of sp³-hybridized carbons (Fsp3) is 0.778. The van der Waals surface area contributed by atoms with Crippen molar-refractivity contribution in [3.63, 3.8) is 0 Å². The molecule has 0 aliphatic carbocycles. The van der Waals surface area contributed by atoms with Crippen LogP contribution in [0.4, 0.5) is 4.39 Å². The quantitative estimate of drug-likeness (QED) is 0.720. The lowest BCUT2D eigenvalue weighted by molar-refractivity contribution is 0.124. The number of piperidine rings is 1. The van der Waals surface area contributed by atoms with Crippen LogP contribution in [-0.4, -0.2) is 34.4 Å². The van der Waals surface area contributed by atoms with E-state index in [1.54, 1.807) is 6.92 Å². The van der Waals surface area contributed by atoms with Crippen LogP contribution in [0.15, 0.2) is 4.42 Å². The Hall–Kier alpha value is -0.970. The zero-order valence-corrected chi connectivity index (χ0v) is 8.24. The lowest BCUT2D eigenvalue weighted by atomic mass is 10.1. The van der Waals surface area contributed by atoms with Crippen molar-refractivity contribution < 1.29 is 8.81 Å². The predicted octanol–water partition coefficient (Wildman–Crippen LogP) is 1.31. The smallest absolute Gasteiger partial charge is 0.230 e. The molecule has 1 aliphatic rings. The normalized spacial score (nSPS) is 24.0. The molecular formula is C9H14FN3O. The number of alkyl halides is 1. The Morgan fingerprint density at radius 3 is 3.07 bits per heavy atom. The fourth-order valence-corrected chi connectivity index (χ4v) is 1.74. The van der Waals surface area contributed by atoms with E-state index in [1.807, 2.05) is 4.90 Å². The SMILES string of the molecule is Cc1nnc(CN2CCCC(F)C2)o1. The fourth-order valence-electron chi connectivity index (χ4n) is 1.74. The first kappa shape index (κ1) is 9.58. The van der Waals surface area contributed by atoms with E-state index in [1.165, 1.54) is 0 Å². The van der Waals surface area contributed by atoms with Gasteiger partial charge in [-0.1, -0.05) is 0 Å². The van der Waals surface area contributed by atoms with Crippen molar-refractivity contribution in [1.29, 1.82) is 0 Å². The van der Waals surface area contributed by atoms with Gasteiger partial charge in [0.1, 0.15) is 6.17 Å². The van der Waals surface area contributed by atoms with E-state index in [2.05, 4.69) is 10.2 Å². The standard InChI is InChI=1S/C9H14FN3O/c1-7-11-12-9(14-7)6-13-4-2-3-8(10)5-13/h8H,2-6H2,1H3. The van der Waals surface area contributed by atoms with E-state index in [0.717, 1.165) is 13.0 Å². The van der Waals surface area contributed by atoms with Crippen LogP contribution in [0.1, 0.15) is 24.6 Å². The van der Waals surface area contributed by atoms with Gasteiger partial charge in [-0.05, 0) is 19.4 Å². The first-order chi connectivity index (χ1) is 6.74. The van der Waals surface area contributed by atoms with Gasteiger partial charge in [0.15, 0.2) is 0 Å². The largest absolute Gasteiger partial charge is 0.424 e. The molecule has 0 aromatic carbocycles. The maximum absolute atomic E-state index is 13.0. The van der Waals surface area contributed by atoms with E-state index >= 15 is 0 Å². The average Bonchev–Trinajstić information content (AvgIpc) is 2.51. The molecule has 1 atom stereocenters. The van der Waals surface area contributed by atoms with Gasteiger partial charge in [-0.15, -0.1) is 10.2 Å². The summed E-state index contributed by atoms with van der Waals surface area (Å²) in [5, 5.41) is 7.62. The number of nitrogens with zero attached hydrogens (tertiary/aromatic N) is 3. The number of hydrogen-bond acceptors (Lipinski definition) is 4. The Labute approximate surface area is 82.1 Å². The monoisotopic (exact) mass is 199 g/mol. The molecule has 1 aromatic rings. The zero-order chi connectivity index (χ0) is 9.97. The summed E-state index contributed by atoms with van der Waals surface area (Å²) < 4.78 is 18.3. The van der Waals surface area contributed by atoms with Crippen LogP contribution in [0, 0.1) is 6.92 Å². The molecule has 1 aliphatic heterocycles. The second kappa shape index (κ2) is 4.04. The van der Waals surface area contributed by atoms with Crippen LogP contribution < -0.4 is 0 Å². The van der Waals surface area contributed by atoms with Crippen LogP contribution in [-0.2, 0) is 6.54 Å². The van der Waals surface area contributed by atoms with Gasteiger partial charge in [-0.25, -0.2) is 4.39 Å². The number of rotatable bonds is 2. The molecular weight excluding hydrogens is 185 g/mol. The molecule has 2 heterocycles. The molecule has 1 unspecified atom stereocenters. The lowest BCUT2D eigenvalue weighted by Gasteiger charge is -2.27. The summed E-state index contributed by atoms with van der Waals surface area (Å²) in [6, 6.07) is 0. The Balaban J connectivity index is 1.90. The Morgan fingerprint density at radius 1 is 1.57 bits per heavy atom. The second-order valence-corrected chi connectivity index (χ2v) is 3.69. The molecule has 0 amide bonds. The molecule has 14 heavy (non-hydrogen) atoms. The third-order valence-electron chi connectivity index (χ3n) is 2.37. The minimum atomic E-state index is -0.701. The molecule has 0 N–H and O–H groups in total. The molecule has 78 valence electrons. The van der Waals surface area contributed by atoms with Crippen LogP contribution in [0.3, 0.4) is 0 Å². The van der Waals surface area contributed by atoms with Gasteiger partial charge in [0.25, 0.3) is 0 Å². The second-order valence-electron chi connectivity index (χ2n) is 3.69. The molecule has 0 radical (unpaired) electrons. The van der Waals surface area contributed by atoms with Crippen LogP contribution >= 0.6 is 0 Å². The highest BCUT2D eigenvalue weighted by Gasteiger charge is 2.20. The van der Waals surface area contributed by atoms with E-state index in [9.17, 15) is 4.39 Å². The van der Waals surface area contributed by atoms with Crippen molar-refractivity contribution in [3.05, 3.63) is 11.8 Å². The van der Waals surface area contributed by atoms with Crippen LogP contribution in [0.25, 0.3) is 0 Å². The highest BCUT2D eigenvalue weighted by Crippen LogP contribution is 2.15. The zero-order valence-electron chi connectivity index (χ0n) is 8.24. The number of aromatic nitrogens is 2. The molecule has 2 rings (SSSR count). The summed E-state index contributed by atoms with van der Waals surface area (Å²) in [6.45, 7) is 3.73. The average molecular weight is 199 g/mol. The first-order valence-electron chi connectivity index (χ1n) is 4.89. The van der Waals surface area contributed by atoms with Gasteiger partial charge >= 0.3 is 0 Å². The molecule has 0 saturated carbocycles. The summed E-state index contributed by atoms with van der Waals surface area (Å²) in [7, 11) is 0. The summed E-state index contributed by atoms with van der Waals surface area (Å²) in [5.74, 6) is 1.14. The van der Waals surface area contributed by atoms with Gasteiger partial charge in [-0.3, -0.25) is 4.90 Å². The lowest BCUT2D eigenvalue weighted by Crippen LogP contribution is -2.35. The number of hydrogen-bond donors (Lipinski definition) is 0. The molecule has 1 saturated heterocycles. The summed E-state index contributed by atoms with van der Waals surface area (Å²) >= 11 is 0. The van der Waals surface area contributed by atoms with Crippen molar-refractivity contribution in [2.75, 3.05) is 13.1 Å². The predicted molar refractivity (Wildman–Crippen MR) is 48.4 cm³/mol.